The fourth-order valence-electron chi connectivity index (χ4n) is 0.538. The standard InChI is InChI=1S/C7H4FNO/c1-2-5-3-6(10)4-9-7(5)8/h1,3-4,10H. The number of nitrogens with zero attached hydrogens (tertiary/aromatic N) is 1. The smallest absolute Gasteiger partial charge is 0.228 e. The predicted octanol–water partition coefficient (Wildman–Crippen LogP) is 0.908. The minimum atomic E-state index is -0.736. The summed E-state index contributed by atoms with van der Waals surface area (Å²) in [6.07, 6.45) is 5.87. The molecule has 50 valence electrons. The van der Waals surface area contributed by atoms with Crippen molar-refractivity contribution in [3.63, 3.8) is 0 Å². The second-order valence-electron chi connectivity index (χ2n) is 1.68. The summed E-state index contributed by atoms with van der Waals surface area (Å²) in [5.74, 6) is 1.17. The third-order valence-electron chi connectivity index (χ3n) is 0.980. The van der Waals surface area contributed by atoms with Crippen LogP contribution in [0.15, 0.2) is 12.3 Å². The Labute approximate surface area is 57.3 Å². The number of halogens is 1. The SMILES string of the molecule is C#Cc1cc(O)cnc1F. The molecule has 0 aliphatic heterocycles. The molecule has 0 spiro atoms. The topological polar surface area (TPSA) is 33.1 Å². The van der Waals surface area contributed by atoms with Gasteiger partial charge < -0.3 is 5.11 Å². The number of aromatic nitrogens is 1. The van der Waals surface area contributed by atoms with Crippen LogP contribution in [0.5, 0.6) is 5.75 Å². The van der Waals surface area contributed by atoms with Gasteiger partial charge in [-0.15, -0.1) is 6.42 Å². The van der Waals surface area contributed by atoms with Crippen LogP contribution in [-0.4, -0.2) is 10.1 Å². The van der Waals surface area contributed by atoms with E-state index in [1.54, 1.807) is 0 Å². The fourth-order valence-corrected chi connectivity index (χ4v) is 0.538. The van der Waals surface area contributed by atoms with E-state index in [2.05, 4.69) is 4.98 Å². The van der Waals surface area contributed by atoms with Crippen molar-refractivity contribution in [3.8, 4) is 18.1 Å². The quantitative estimate of drug-likeness (QED) is 0.426. The summed E-state index contributed by atoms with van der Waals surface area (Å²) in [7, 11) is 0. The van der Waals surface area contributed by atoms with Crippen molar-refractivity contribution < 1.29 is 9.50 Å². The highest BCUT2D eigenvalue weighted by atomic mass is 19.1. The number of hydrogen-bond donors (Lipinski definition) is 1. The van der Waals surface area contributed by atoms with Gasteiger partial charge >= 0.3 is 0 Å². The van der Waals surface area contributed by atoms with Crippen LogP contribution < -0.4 is 0 Å². The minimum Gasteiger partial charge on any atom is -0.506 e. The van der Waals surface area contributed by atoms with Gasteiger partial charge in [-0.2, -0.15) is 4.39 Å². The van der Waals surface area contributed by atoms with Crippen LogP contribution in [0, 0.1) is 18.3 Å². The molecule has 2 nitrogen and oxygen atoms in total. The normalized spacial score (nSPS) is 8.80. The van der Waals surface area contributed by atoms with E-state index in [9.17, 15) is 4.39 Å². The Morgan fingerprint density at radius 1 is 1.70 bits per heavy atom. The van der Waals surface area contributed by atoms with Crippen molar-refractivity contribution in [3.05, 3.63) is 23.8 Å². The summed E-state index contributed by atoms with van der Waals surface area (Å²) < 4.78 is 12.4. The molecule has 1 rings (SSSR count). The zero-order chi connectivity index (χ0) is 7.56. The molecular formula is C7H4FNO. The molecule has 1 aromatic heterocycles. The number of aromatic hydroxyl groups is 1. The number of pyridine rings is 1. The van der Waals surface area contributed by atoms with Gasteiger partial charge in [0.05, 0.1) is 11.8 Å². The summed E-state index contributed by atoms with van der Waals surface area (Å²) in [6.45, 7) is 0. The second-order valence-corrected chi connectivity index (χ2v) is 1.68. The van der Waals surface area contributed by atoms with E-state index in [1.807, 2.05) is 5.92 Å². The van der Waals surface area contributed by atoms with Crippen molar-refractivity contribution >= 4 is 0 Å². The molecule has 0 saturated carbocycles. The fraction of sp³-hybridized carbons (Fsp3) is 0. The van der Waals surface area contributed by atoms with Gasteiger partial charge in [0, 0.05) is 6.07 Å². The molecule has 0 saturated heterocycles. The zero-order valence-electron chi connectivity index (χ0n) is 5.00. The Bertz CT molecular complexity index is 290. The first-order valence-electron chi connectivity index (χ1n) is 2.55. The molecule has 0 unspecified atom stereocenters. The molecule has 0 aliphatic carbocycles. The molecule has 0 aromatic carbocycles. The molecule has 0 atom stereocenters. The lowest BCUT2D eigenvalue weighted by molar-refractivity contribution is 0.466. The molecule has 10 heavy (non-hydrogen) atoms. The van der Waals surface area contributed by atoms with E-state index in [0.717, 1.165) is 12.3 Å². The molecule has 1 heterocycles. The van der Waals surface area contributed by atoms with E-state index in [0.29, 0.717) is 0 Å². The minimum absolute atomic E-state index is 0.0278. The Morgan fingerprint density at radius 3 is 2.90 bits per heavy atom. The molecule has 0 bridgehead atoms. The van der Waals surface area contributed by atoms with Crippen LogP contribution in [0.4, 0.5) is 4.39 Å². The van der Waals surface area contributed by atoms with E-state index in [1.165, 1.54) is 0 Å². The van der Waals surface area contributed by atoms with Crippen molar-refractivity contribution in [2.75, 3.05) is 0 Å². The molecule has 1 aromatic rings. The lowest BCUT2D eigenvalue weighted by atomic mass is 10.3. The summed E-state index contributed by atoms with van der Waals surface area (Å²) in [5, 5.41) is 8.74. The van der Waals surface area contributed by atoms with Gasteiger partial charge in [0.15, 0.2) is 0 Å². The van der Waals surface area contributed by atoms with Gasteiger partial charge in [-0.3, -0.25) is 0 Å². The number of hydrogen-bond acceptors (Lipinski definition) is 2. The molecule has 0 radical (unpaired) electrons. The largest absolute Gasteiger partial charge is 0.506 e. The first-order valence-corrected chi connectivity index (χ1v) is 2.55. The lowest BCUT2D eigenvalue weighted by Gasteiger charge is -1.92. The first-order chi connectivity index (χ1) is 4.74. The van der Waals surface area contributed by atoms with E-state index < -0.39 is 5.95 Å². The number of terminal acetylenes is 1. The van der Waals surface area contributed by atoms with Crippen molar-refractivity contribution in [2.24, 2.45) is 0 Å². The Kier molecular flexibility index (Phi) is 1.55. The highest BCUT2D eigenvalue weighted by molar-refractivity contribution is 5.35. The lowest BCUT2D eigenvalue weighted by Crippen LogP contribution is -1.86. The highest BCUT2D eigenvalue weighted by Gasteiger charge is 1.99. The molecule has 0 amide bonds. The molecule has 1 N–H and O–H groups in total. The van der Waals surface area contributed by atoms with Gasteiger partial charge in [-0.05, 0) is 0 Å². The average molecular weight is 137 g/mol. The zero-order valence-corrected chi connectivity index (χ0v) is 5.00. The maximum atomic E-state index is 12.4. The summed E-state index contributed by atoms with van der Waals surface area (Å²) >= 11 is 0. The van der Waals surface area contributed by atoms with Gasteiger partial charge in [-0.1, -0.05) is 5.92 Å². The summed E-state index contributed by atoms with van der Waals surface area (Å²) in [5.41, 5.74) is -0.0278. The van der Waals surface area contributed by atoms with Gasteiger partial charge in [0.25, 0.3) is 0 Å². The summed E-state index contributed by atoms with van der Waals surface area (Å²) in [6, 6.07) is 1.14. The average Bonchev–Trinajstić information content (AvgIpc) is 1.94. The summed E-state index contributed by atoms with van der Waals surface area (Å²) in [4.78, 5) is 3.19. The van der Waals surface area contributed by atoms with Gasteiger partial charge in [0.2, 0.25) is 5.95 Å². The van der Waals surface area contributed by atoms with E-state index in [-0.39, 0.29) is 11.3 Å². The number of rotatable bonds is 0. The van der Waals surface area contributed by atoms with Crippen molar-refractivity contribution in [1.29, 1.82) is 0 Å². The van der Waals surface area contributed by atoms with E-state index in [4.69, 9.17) is 11.5 Å². The third kappa shape index (κ3) is 1.06. The molecule has 0 aliphatic rings. The van der Waals surface area contributed by atoms with Crippen molar-refractivity contribution in [1.82, 2.24) is 4.98 Å². The van der Waals surface area contributed by atoms with Crippen LogP contribution in [-0.2, 0) is 0 Å². The van der Waals surface area contributed by atoms with Gasteiger partial charge in [0.1, 0.15) is 5.75 Å². The Hall–Kier alpha value is -1.56. The second kappa shape index (κ2) is 2.36. The third-order valence-corrected chi connectivity index (χ3v) is 0.980. The van der Waals surface area contributed by atoms with Crippen LogP contribution in [0.1, 0.15) is 5.56 Å². The van der Waals surface area contributed by atoms with Crippen LogP contribution >= 0.6 is 0 Å². The Balaban J connectivity index is 3.25. The maximum Gasteiger partial charge on any atom is 0.228 e. The maximum absolute atomic E-state index is 12.4. The van der Waals surface area contributed by atoms with Crippen LogP contribution in [0.25, 0.3) is 0 Å². The van der Waals surface area contributed by atoms with Crippen LogP contribution in [0.3, 0.4) is 0 Å². The molecular weight excluding hydrogens is 133 g/mol. The Morgan fingerprint density at radius 2 is 2.40 bits per heavy atom. The van der Waals surface area contributed by atoms with E-state index >= 15 is 0 Å². The molecule has 0 fully saturated rings. The molecule has 3 heteroatoms. The van der Waals surface area contributed by atoms with Crippen molar-refractivity contribution in [2.45, 2.75) is 0 Å². The predicted molar refractivity (Wildman–Crippen MR) is 33.8 cm³/mol. The van der Waals surface area contributed by atoms with Gasteiger partial charge in [-0.25, -0.2) is 4.98 Å². The van der Waals surface area contributed by atoms with Crippen LogP contribution in [0.2, 0.25) is 0 Å². The first kappa shape index (κ1) is 6.56. The highest BCUT2D eigenvalue weighted by Crippen LogP contribution is 2.10. The monoisotopic (exact) mass is 137 g/mol.